The van der Waals surface area contributed by atoms with Crippen LogP contribution in [-0.4, -0.2) is 19.7 Å². The average Bonchev–Trinajstić information content (AvgIpc) is 3.08. The monoisotopic (exact) mass is 253 g/mol. The Kier molecular flexibility index (Phi) is 3.52. The second-order valence-electron chi connectivity index (χ2n) is 4.86. The van der Waals surface area contributed by atoms with Crippen LogP contribution in [0.15, 0.2) is 17.2 Å². The smallest absolute Gasteiger partial charge is 0.177 e. The molecule has 0 saturated heterocycles. The minimum atomic E-state index is -3.15. The number of sulfone groups is 1. The molecule has 0 N–H and O–H groups in total. The van der Waals surface area contributed by atoms with Gasteiger partial charge in [-0.1, -0.05) is 13.3 Å². The van der Waals surface area contributed by atoms with Crippen LogP contribution >= 0.6 is 0 Å². The molecule has 0 unspecified atom stereocenters. The first-order valence-electron chi connectivity index (χ1n) is 6.21. The Morgan fingerprint density at radius 2 is 2.12 bits per heavy atom. The van der Waals surface area contributed by atoms with E-state index in [4.69, 9.17) is 0 Å². The van der Waals surface area contributed by atoms with E-state index >= 15 is 0 Å². The second kappa shape index (κ2) is 4.77. The molecule has 0 spiro atoms. The molecule has 1 saturated carbocycles. The van der Waals surface area contributed by atoms with Crippen LogP contribution in [0.25, 0.3) is 0 Å². The molecule has 4 heteroatoms. The van der Waals surface area contributed by atoms with Gasteiger partial charge in [-0.25, -0.2) is 8.42 Å². The number of nitrogens with zero attached hydrogens (tertiary/aromatic N) is 1. The van der Waals surface area contributed by atoms with Crippen molar-refractivity contribution in [2.45, 2.75) is 49.8 Å². The molecule has 1 aliphatic rings. The van der Waals surface area contributed by atoms with E-state index in [0.29, 0.717) is 10.8 Å². The van der Waals surface area contributed by atoms with Crippen molar-refractivity contribution in [1.29, 1.82) is 0 Å². The van der Waals surface area contributed by atoms with E-state index in [1.165, 1.54) is 19.1 Å². The molecular weight excluding hydrogens is 234 g/mol. The maximum Gasteiger partial charge on any atom is 0.177 e. The molecule has 0 atom stereocenters. The minimum absolute atomic E-state index is 0.440. The number of aromatic nitrogens is 1. The lowest BCUT2D eigenvalue weighted by Gasteiger charge is -2.08. The highest BCUT2D eigenvalue weighted by molar-refractivity contribution is 7.90. The molecule has 2 rings (SSSR count). The molecular formula is C13H19NO2S. The summed E-state index contributed by atoms with van der Waals surface area (Å²) in [4.78, 5) is 4.80. The number of aryl methyl sites for hydroxylation is 1. The normalized spacial score (nSPS) is 16.1. The van der Waals surface area contributed by atoms with Crippen LogP contribution in [0, 0.1) is 0 Å². The molecule has 0 bridgehead atoms. The molecule has 1 aliphatic carbocycles. The summed E-state index contributed by atoms with van der Waals surface area (Å²) in [6.07, 6.45) is 8.25. The van der Waals surface area contributed by atoms with Crippen molar-refractivity contribution in [3.05, 3.63) is 23.5 Å². The van der Waals surface area contributed by atoms with Gasteiger partial charge in [-0.2, -0.15) is 0 Å². The minimum Gasteiger partial charge on any atom is -0.260 e. The summed E-state index contributed by atoms with van der Waals surface area (Å²) in [6.45, 7) is 2.10. The first-order chi connectivity index (χ1) is 8.02. The van der Waals surface area contributed by atoms with Crippen molar-refractivity contribution in [1.82, 2.24) is 4.98 Å². The summed E-state index contributed by atoms with van der Waals surface area (Å²) in [5.74, 6) is 0.545. The zero-order valence-electron chi connectivity index (χ0n) is 10.4. The van der Waals surface area contributed by atoms with E-state index in [1.54, 1.807) is 0 Å². The van der Waals surface area contributed by atoms with E-state index in [1.807, 2.05) is 12.3 Å². The van der Waals surface area contributed by atoms with E-state index in [0.717, 1.165) is 30.5 Å². The van der Waals surface area contributed by atoms with Gasteiger partial charge in [-0.3, -0.25) is 4.98 Å². The van der Waals surface area contributed by atoms with Gasteiger partial charge in [0.25, 0.3) is 0 Å². The van der Waals surface area contributed by atoms with Crippen LogP contribution in [0.1, 0.15) is 49.8 Å². The predicted molar refractivity (Wildman–Crippen MR) is 67.9 cm³/mol. The molecule has 0 aliphatic heterocycles. The first kappa shape index (κ1) is 12.6. The number of rotatable bonds is 5. The van der Waals surface area contributed by atoms with Crippen LogP contribution in [0.2, 0.25) is 0 Å². The van der Waals surface area contributed by atoms with Gasteiger partial charge in [0.15, 0.2) is 9.84 Å². The Balaban J connectivity index is 2.37. The summed E-state index contributed by atoms with van der Waals surface area (Å²) in [7, 11) is -3.15. The van der Waals surface area contributed by atoms with Gasteiger partial charge < -0.3 is 0 Å². The molecule has 0 radical (unpaired) electrons. The lowest BCUT2D eigenvalue weighted by atomic mass is 10.1. The van der Waals surface area contributed by atoms with Gasteiger partial charge in [-0.05, 0) is 43.2 Å². The number of hydrogen-bond acceptors (Lipinski definition) is 3. The van der Waals surface area contributed by atoms with Crippen LogP contribution in [-0.2, 0) is 16.3 Å². The van der Waals surface area contributed by atoms with E-state index in [-0.39, 0.29) is 0 Å². The van der Waals surface area contributed by atoms with Crippen molar-refractivity contribution >= 4 is 9.84 Å². The van der Waals surface area contributed by atoms with Gasteiger partial charge in [0.1, 0.15) is 0 Å². The average molecular weight is 253 g/mol. The standard InChI is InChI=1S/C13H19NO2S/c1-3-4-5-12-13(17(2,15)16)8-11(9-14-12)10-6-7-10/h8-10H,3-7H2,1-2H3. The number of pyridine rings is 1. The number of unbranched alkanes of at least 4 members (excludes halogenated alkanes) is 1. The van der Waals surface area contributed by atoms with Gasteiger partial charge >= 0.3 is 0 Å². The zero-order chi connectivity index (χ0) is 12.5. The lowest BCUT2D eigenvalue weighted by Crippen LogP contribution is -2.06. The van der Waals surface area contributed by atoms with Gasteiger partial charge in [0.05, 0.1) is 10.6 Å². The highest BCUT2D eigenvalue weighted by Crippen LogP contribution is 2.40. The largest absolute Gasteiger partial charge is 0.260 e. The molecule has 1 heterocycles. The molecule has 3 nitrogen and oxygen atoms in total. The Bertz CT molecular complexity index is 504. The van der Waals surface area contributed by atoms with Crippen LogP contribution in [0.5, 0.6) is 0 Å². The van der Waals surface area contributed by atoms with Crippen molar-refractivity contribution in [3.8, 4) is 0 Å². The summed E-state index contributed by atoms with van der Waals surface area (Å²) in [6, 6.07) is 1.84. The van der Waals surface area contributed by atoms with Gasteiger partial charge in [0.2, 0.25) is 0 Å². The topological polar surface area (TPSA) is 47.0 Å². The SMILES string of the molecule is CCCCc1ncc(C2CC2)cc1S(C)(=O)=O. The maximum atomic E-state index is 11.8. The lowest BCUT2D eigenvalue weighted by molar-refractivity contribution is 0.598. The third-order valence-corrected chi connectivity index (χ3v) is 4.32. The molecule has 1 aromatic rings. The first-order valence-corrected chi connectivity index (χ1v) is 8.10. The maximum absolute atomic E-state index is 11.8. The summed E-state index contributed by atoms with van der Waals surface area (Å²) >= 11 is 0. The Morgan fingerprint density at radius 3 is 2.65 bits per heavy atom. The highest BCUT2D eigenvalue weighted by Gasteiger charge is 2.26. The quantitative estimate of drug-likeness (QED) is 0.810. The predicted octanol–water partition coefficient (Wildman–Crippen LogP) is 2.71. The van der Waals surface area contributed by atoms with E-state index in [9.17, 15) is 8.42 Å². The molecule has 17 heavy (non-hydrogen) atoms. The van der Waals surface area contributed by atoms with Crippen LogP contribution in [0.4, 0.5) is 0 Å². The summed E-state index contributed by atoms with van der Waals surface area (Å²) in [5.41, 5.74) is 1.82. The van der Waals surface area contributed by atoms with E-state index in [2.05, 4.69) is 11.9 Å². The molecule has 1 aromatic heterocycles. The third-order valence-electron chi connectivity index (χ3n) is 3.17. The molecule has 1 fully saturated rings. The fraction of sp³-hybridized carbons (Fsp3) is 0.615. The third kappa shape index (κ3) is 3.06. The molecule has 0 amide bonds. The van der Waals surface area contributed by atoms with Crippen LogP contribution in [0.3, 0.4) is 0 Å². The Labute approximate surface area is 103 Å². The zero-order valence-corrected chi connectivity index (χ0v) is 11.3. The fourth-order valence-electron chi connectivity index (χ4n) is 1.98. The van der Waals surface area contributed by atoms with Crippen molar-refractivity contribution < 1.29 is 8.42 Å². The van der Waals surface area contributed by atoms with Gasteiger partial charge in [-0.15, -0.1) is 0 Å². The second-order valence-corrected chi connectivity index (χ2v) is 6.85. The Morgan fingerprint density at radius 1 is 1.41 bits per heavy atom. The highest BCUT2D eigenvalue weighted by atomic mass is 32.2. The summed E-state index contributed by atoms with van der Waals surface area (Å²) in [5, 5.41) is 0. The van der Waals surface area contributed by atoms with Crippen molar-refractivity contribution in [2.24, 2.45) is 0 Å². The molecule has 0 aromatic carbocycles. The number of hydrogen-bond donors (Lipinski definition) is 0. The van der Waals surface area contributed by atoms with E-state index < -0.39 is 9.84 Å². The van der Waals surface area contributed by atoms with Crippen molar-refractivity contribution in [2.75, 3.05) is 6.26 Å². The van der Waals surface area contributed by atoms with Crippen molar-refractivity contribution in [3.63, 3.8) is 0 Å². The van der Waals surface area contributed by atoms with Crippen LogP contribution < -0.4 is 0 Å². The summed E-state index contributed by atoms with van der Waals surface area (Å²) < 4.78 is 23.5. The Hall–Kier alpha value is -0.900. The molecule has 94 valence electrons. The fourth-order valence-corrected chi connectivity index (χ4v) is 2.91. The van der Waals surface area contributed by atoms with Gasteiger partial charge in [0, 0.05) is 12.5 Å².